The smallest absolute Gasteiger partial charge is 0.338 e. The van der Waals surface area contributed by atoms with E-state index in [2.05, 4.69) is 5.32 Å². The quantitative estimate of drug-likeness (QED) is 0.438. The zero-order valence-corrected chi connectivity index (χ0v) is 20.0. The lowest BCUT2D eigenvalue weighted by molar-refractivity contribution is -0.124. The van der Waals surface area contributed by atoms with Crippen LogP contribution in [0.1, 0.15) is 49.5 Å². The van der Waals surface area contributed by atoms with Crippen molar-refractivity contribution in [3.05, 3.63) is 59.7 Å². The molecule has 2 aromatic rings. The number of benzene rings is 2. The Morgan fingerprint density at radius 3 is 2.41 bits per heavy atom. The summed E-state index contributed by atoms with van der Waals surface area (Å²) in [5, 5.41) is 2.75. The molecule has 8 heteroatoms. The van der Waals surface area contributed by atoms with Gasteiger partial charge >= 0.3 is 12.0 Å². The number of nitrogens with zero attached hydrogens (tertiary/aromatic N) is 2. The Hall–Kier alpha value is -3.68. The fraction of sp³-hybridized carbons (Fsp3) is 0.385. The summed E-state index contributed by atoms with van der Waals surface area (Å²) in [5.74, 6) is -0.904. The van der Waals surface area contributed by atoms with Gasteiger partial charge in [0.2, 0.25) is 5.91 Å². The fourth-order valence-electron chi connectivity index (χ4n) is 3.78. The molecule has 34 heavy (non-hydrogen) atoms. The summed E-state index contributed by atoms with van der Waals surface area (Å²) in [6, 6.07) is 12.2. The van der Waals surface area contributed by atoms with Crippen molar-refractivity contribution >= 4 is 35.2 Å². The average Bonchev–Trinajstić information content (AvgIpc) is 3.01. The van der Waals surface area contributed by atoms with Gasteiger partial charge in [-0.25, -0.2) is 14.5 Å². The van der Waals surface area contributed by atoms with Gasteiger partial charge < -0.3 is 15.0 Å². The molecule has 1 fully saturated rings. The van der Waals surface area contributed by atoms with Crippen LogP contribution in [0, 0.1) is 12.8 Å². The number of imide groups is 1. The Bertz CT molecular complexity index is 1060. The van der Waals surface area contributed by atoms with Crippen LogP contribution in [-0.2, 0) is 14.3 Å². The van der Waals surface area contributed by atoms with Crippen LogP contribution in [0.4, 0.5) is 16.2 Å². The van der Waals surface area contributed by atoms with Crippen molar-refractivity contribution in [2.24, 2.45) is 5.92 Å². The summed E-state index contributed by atoms with van der Waals surface area (Å²) in [5.41, 5.74) is 2.30. The van der Waals surface area contributed by atoms with E-state index in [4.69, 9.17) is 4.74 Å². The number of nitrogens with one attached hydrogen (secondary N) is 1. The molecule has 0 saturated carbocycles. The topological polar surface area (TPSA) is 96.0 Å². The van der Waals surface area contributed by atoms with E-state index in [1.54, 1.807) is 49.4 Å². The van der Waals surface area contributed by atoms with E-state index in [9.17, 15) is 19.2 Å². The zero-order chi connectivity index (χ0) is 24.8. The Morgan fingerprint density at radius 2 is 1.79 bits per heavy atom. The minimum Gasteiger partial charge on any atom is -0.462 e. The highest BCUT2D eigenvalue weighted by Gasteiger charge is 2.46. The van der Waals surface area contributed by atoms with E-state index < -0.39 is 29.9 Å². The predicted octanol–water partition coefficient (Wildman–Crippen LogP) is 4.38. The molecule has 0 bridgehead atoms. The van der Waals surface area contributed by atoms with E-state index >= 15 is 0 Å². The molecule has 3 rings (SSSR count). The number of urea groups is 1. The minimum absolute atomic E-state index is 0.162. The van der Waals surface area contributed by atoms with Gasteiger partial charge in [-0.2, -0.15) is 0 Å². The van der Waals surface area contributed by atoms with Gasteiger partial charge in [-0.15, -0.1) is 0 Å². The van der Waals surface area contributed by atoms with Crippen molar-refractivity contribution in [3.8, 4) is 0 Å². The van der Waals surface area contributed by atoms with Crippen LogP contribution in [0.25, 0.3) is 0 Å². The fourth-order valence-corrected chi connectivity index (χ4v) is 3.78. The number of carbonyl (C=O) groups excluding carboxylic acids is 4. The van der Waals surface area contributed by atoms with Crippen molar-refractivity contribution < 1.29 is 23.9 Å². The molecule has 1 atom stereocenters. The van der Waals surface area contributed by atoms with Crippen LogP contribution in [0.2, 0.25) is 0 Å². The minimum atomic E-state index is -0.884. The van der Waals surface area contributed by atoms with E-state index in [0.717, 1.165) is 5.56 Å². The number of anilines is 2. The molecule has 0 spiro atoms. The summed E-state index contributed by atoms with van der Waals surface area (Å²) in [7, 11) is 0. The van der Waals surface area contributed by atoms with Gasteiger partial charge in [0, 0.05) is 12.2 Å². The Balaban J connectivity index is 1.75. The van der Waals surface area contributed by atoms with Gasteiger partial charge in [0.15, 0.2) is 0 Å². The summed E-state index contributed by atoms with van der Waals surface area (Å²) in [6.07, 6.45) is 0.554. The third-order valence-electron chi connectivity index (χ3n) is 5.58. The second kappa shape index (κ2) is 11.0. The summed E-state index contributed by atoms with van der Waals surface area (Å²) in [4.78, 5) is 53.8. The van der Waals surface area contributed by atoms with Crippen LogP contribution >= 0.6 is 0 Å². The van der Waals surface area contributed by atoms with E-state index in [1.165, 1.54) is 9.80 Å². The van der Waals surface area contributed by atoms with Crippen molar-refractivity contribution in [2.75, 3.05) is 23.4 Å². The first-order valence-corrected chi connectivity index (χ1v) is 11.5. The molecule has 0 radical (unpaired) electrons. The second-order valence-corrected chi connectivity index (χ2v) is 8.74. The number of hydrogen-bond acceptors (Lipinski definition) is 5. The van der Waals surface area contributed by atoms with Crippen molar-refractivity contribution in [3.63, 3.8) is 0 Å². The number of hydrogen-bond donors (Lipinski definition) is 1. The van der Waals surface area contributed by atoms with Crippen molar-refractivity contribution in [2.45, 2.75) is 46.6 Å². The molecule has 1 heterocycles. The lowest BCUT2D eigenvalue weighted by Crippen LogP contribution is -2.39. The number of carbonyl (C=O) groups is 4. The Morgan fingerprint density at radius 1 is 1.09 bits per heavy atom. The van der Waals surface area contributed by atoms with Crippen molar-refractivity contribution in [1.29, 1.82) is 0 Å². The van der Waals surface area contributed by atoms with Gasteiger partial charge in [-0.1, -0.05) is 26.0 Å². The predicted molar refractivity (Wildman–Crippen MR) is 130 cm³/mol. The van der Waals surface area contributed by atoms with E-state index in [0.29, 0.717) is 35.8 Å². The average molecular weight is 466 g/mol. The van der Waals surface area contributed by atoms with E-state index in [1.807, 2.05) is 26.8 Å². The lowest BCUT2D eigenvalue weighted by atomic mass is 10.1. The van der Waals surface area contributed by atoms with Crippen LogP contribution in [-0.4, -0.2) is 47.9 Å². The summed E-state index contributed by atoms with van der Waals surface area (Å²) >= 11 is 0. The molecular weight excluding hydrogens is 434 g/mol. The Kier molecular flexibility index (Phi) is 8.04. The number of aryl methyl sites for hydroxylation is 1. The first kappa shape index (κ1) is 25.0. The Labute approximate surface area is 199 Å². The molecule has 0 aliphatic carbocycles. The van der Waals surface area contributed by atoms with Gasteiger partial charge in [0.1, 0.15) is 6.04 Å². The molecule has 180 valence electrons. The maximum absolute atomic E-state index is 13.3. The highest BCUT2D eigenvalue weighted by atomic mass is 16.5. The SMILES string of the molecule is CCOC(=O)c1ccc(NC(=O)CC2C(=O)N(c3cccc(C)c3)C(=O)N2CCC(C)C)cc1. The molecule has 1 unspecified atom stereocenters. The molecule has 2 aromatic carbocycles. The molecule has 8 nitrogen and oxygen atoms in total. The summed E-state index contributed by atoms with van der Waals surface area (Å²) in [6.45, 7) is 8.37. The van der Waals surface area contributed by atoms with E-state index in [-0.39, 0.29) is 13.0 Å². The molecule has 1 aliphatic rings. The van der Waals surface area contributed by atoms with Gasteiger partial charge in [-0.3, -0.25) is 9.59 Å². The number of amides is 4. The molecule has 0 aromatic heterocycles. The number of ether oxygens (including phenoxy) is 1. The first-order chi connectivity index (χ1) is 16.2. The molecule has 1 saturated heterocycles. The van der Waals surface area contributed by atoms with Crippen LogP contribution in [0.3, 0.4) is 0 Å². The largest absolute Gasteiger partial charge is 0.462 e. The lowest BCUT2D eigenvalue weighted by Gasteiger charge is -2.22. The van der Waals surface area contributed by atoms with Gasteiger partial charge in [0.05, 0.1) is 24.3 Å². The van der Waals surface area contributed by atoms with Gasteiger partial charge in [0.25, 0.3) is 5.91 Å². The van der Waals surface area contributed by atoms with Crippen LogP contribution in [0.5, 0.6) is 0 Å². The molecular formula is C26H31N3O5. The molecule has 1 N–H and O–H groups in total. The number of esters is 1. The standard InChI is InChI=1S/C26H31N3O5/c1-5-34-25(32)19-9-11-20(12-10-19)27-23(30)16-22-24(31)29(21-8-6-7-18(4)15-21)26(33)28(22)14-13-17(2)3/h6-12,15,17,22H,5,13-14,16H2,1-4H3,(H,27,30). The number of rotatable bonds is 9. The first-order valence-electron chi connectivity index (χ1n) is 11.5. The normalized spacial score (nSPS) is 15.7. The van der Waals surface area contributed by atoms with Gasteiger partial charge in [-0.05, 0) is 68.1 Å². The van der Waals surface area contributed by atoms with Crippen LogP contribution < -0.4 is 10.2 Å². The maximum Gasteiger partial charge on any atom is 0.338 e. The highest BCUT2D eigenvalue weighted by molar-refractivity contribution is 6.22. The molecule has 4 amide bonds. The monoisotopic (exact) mass is 465 g/mol. The molecule has 1 aliphatic heterocycles. The van der Waals surface area contributed by atoms with Crippen molar-refractivity contribution in [1.82, 2.24) is 4.90 Å². The highest BCUT2D eigenvalue weighted by Crippen LogP contribution is 2.28. The summed E-state index contributed by atoms with van der Waals surface area (Å²) < 4.78 is 4.96. The van der Waals surface area contributed by atoms with Crippen LogP contribution in [0.15, 0.2) is 48.5 Å². The second-order valence-electron chi connectivity index (χ2n) is 8.74. The zero-order valence-electron chi connectivity index (χ0n) is 20.0. The third-order valence-corrected chi connectivity index (χ3v) is 5.58. The maximum atomic E-state index is 13.3. The third kappa shape index (κ3) is 5.81.